The van der Waals surface area contributed by atoms with Gasteiger partial charge in [-0.1, -0.05) is 30.3 Å². The molecule has 12 nitrogen and oxygen atoms in total. The summed E-state index contributed by atoms with van der Waals surface area (Å²) in [6.45, 7) is -0.512. The molecule has 31 heavy (non-hydrogen) atoms. The van der Waals surface area contributed by atoms with Crippen molar-refractivity contribution in [3.8, 4) is 0 Å². The molecule has 12 heteroatoms. The van der Waals surface area contributed by atoms with Gasteiger partial charge in [-0.2, -0.15) is 0 Å². The van der Waals surface area contributed by atoms with Gasteiger partial charge in [0.1, 0.15) is 12.1 Å². The number of rotatable bonds is 13. The Bertz CT molecular complexity index is 772. The van der Waals surface area contributed by atoms with Crippen LogP contribution in [0.15, 0.2) is 30.3 Å². The third-order valence-electron chi connectivity index (χ3n) is 4.15. The fourth-order valence-corrected chi connectivity index (χ4v) is 2.60. The maximum absolute atomic E-state index is 12.7. The standard InChI is InChI=1S/C19H28N6O6/c20-10-15(26)23-11-16(27)24-14(9-12-5-2-1-3-6-12)17(28)25-13(18(29)30)7-4-8-22-19(21)31/h1-3,5-6,13-14H,4,7-11,20H2,(H,23,26)(H,24,27)(H,25,28)(H,29,30)(H3,21,22,31)/t13-,14-/m0/s1. The van der Waals surface area contributed by atoms with Crippen molar-refractivity contribution in [2.45, 2.75) is 31.3 Å². The van der Waals surface area contributed by atoms with Crippen LogP contribution in [0.2, 0.25) is 0 Å². The first-order valence-electron chi connectivity index (χ1n) is 9.59. The van der Waals surface area contributed by atoms with Crippen molar-refractivity contribution in [2.24, 2.45) is 11.5 Å². The number of carboxylic acid groups (broad SMARTS) is 1. The summed E-state index contributed by atoms with van der Waals surface area (Å²) in [5.41, 5.74) is 10.9. The molecule has 5 amide bonds. The summed E-state index contributed by atoms with van der Waals surface area (Å²) in [5.74, 6) is -3.12. The first-order chi connectivity index (χ1) is 14.7. The molecule has 0 aliphatic heterocycles. The topological polar surface area (TPSA) is 206 Å². The van der Waals surface area contributed by atoms with Crippen molar-refractivity contribution >= 4 is 29.7 Å². The fourth-order valence-electron chi connectivity index (χ4n) is 2.60. The van der Waals surface area contributed by atoms with E-state index in [1.807, 2.05) is 0 Å². The van der Waals surface area contributed by atoms with Gasteiger partial charge in [-0.05, 0) is 18.4 Å². The zero-order chi connectivity index (χ0) is 23.2. The summed E-state index contributed by atoms with van der Waals surface area (Å²) < 4.78 is 0. The number of nitrogens with two attached hydrogens (primary N) is 2. The van der Waals surface area contributed by atoms with Crippen molar-refractivity contribution in [1.82, 2.24) is 21.3 Å². The minimum absolute atomic E-state index is 0.0416. The van der Waals surface area contributed by atoms with E-state index in [2.05, 4.69) is 21.3 Å². The lowest BCUT2D eigenvalue weighted by atomic mass is 10.0. The molecule has 0 aliphatic carbocycles. The number of carbonyl (C=O) groups excluding carboxylic acids is 4. The molecule has 0 bridgehead atoms. The summed E-state index contributed by atoms with van der Waals surface area (Å²) in [6, 6.07) is 5.80. The SMILES string of the molecule is NCC(=O)NCC(=O)N[C@@H](Cc1ccccc1)C(=O)N[C@@H](CCCNC(N)=O)C(=O)O. The molecule has 1 aromatic carbocycles. The molecule has 0 radical (unpaired) electrons. The van der Waals surface area contributed by atoms with E-state index >= 15 is 0 Å². The van der Waals surface area contributed by atoms with Gasteiger partial charge in [0, 0.05) is 13.0 Å². The Morgan fingerprint density at radius 1 is 0.935 bits per heavy atom. The smallest absolute Gasteiger partial charge is 0.326 e. The largest absolute Gasteiger partial charge is 0.480 e. The van der Waals surface area contributed by atoms with Crippen LogP contribution in [0.4, 0.5) is 4.79 Å². The molecule has 0 aliphatic rings. The van der Waals surface area contributed by atoms with Gasteiger partial charge in [0.05, 0.1) is 13.1 Å². The highest BCUT2D eigenvalue weighted by atomic mass is 16.4. The predicted octanol–water partition coefficient (Wildman–Crippen LogP) is -2.19. The molecule has 0 spiro atoms. The summed E-state index contributed by atoms with van der Waals surface area (Å²) >= 11 is 0. The van der Waals surface area contributed by atoms with E-state index in [9.17, 15) is 29.1 Å². The lowest BCUT2D eigenvalue weighted by Crippen LogP contribution is -2.54. The molecule has 0 saturated carbocycles. The Morgan fingerprint density at radius 2 is 1.61 bits per heavy atom. The highest BCUT2D eigenvalue weighted by Gasteiger charge is 2.26. The van der Waals surface area contributed by atoms with E-state index in [-0.39, 0.29) is 38.9 Å². The number of benzene rings is 1. The van der Waals surface area contributed by atoms with Crippen molar-refractivity contribution in [2.75, 3.05) is 19.6 Å². The minimum atomic E-state index is -1.26. The quantitative estimate of drug-likeness (QED) is 0.170. The average molecular weight is 436 g/mol. The molecule has 0 heterocycles. The Balaban J connectivity index is 2.79. The second-order valence-corrected chi connectivity index (χ2v) is 6.62. The summed E-state index contributed by atoms with van der Waals surface area (Å²) in [4.78, 5) is 58.3. The lowest BCUT2D eigenvalue weighted by Gasteiger charge is -2.22. The lowest BCUT2D eigenvalue weighted by molar-refractivity contribution is -0.142. The second-order valence-electron chi connectivity index (χ2n) is 6.62. The fraction of sp³-hybridized carbons (Fsp3) is 0.421. The molecule has 0 saturated heterocycles. The predicted molar refractivity (Wildman–Crippen MR) is 111 cm³/mol. The van der Waals surface area contributed by atoms with Crippen molar-refractivity contribution in [3.63, 3.8) is 0 Å². The molecule has 9 N–H and O–H groups in total. The van der Waals surface area contributed by atoms with Gasteiger partial charge in [-0.25, -0.2) is 9.59 Å². The van der Waals surface area contributed by atoms with Crippen LogP contribution in [-0.4, -0.2) is 66.5 Å². The average Bonchev–Trinajstić information content (AvgIpc) is 2.73. The van der Waals surface area contributed by atoms with Gasteiger partial charge in [-0.3, -0.25) is 14.4 Å². The van der Waals surface area contributed by atoms with E-state index in [4.69, 9.17) is 11.5 Å². The maximum Gasteiger partial charge on any atom is 0.326 e. The second kappa shape index (κ2) is 13.5. The molecule has 0 aromatic heterocycles. The maximum atomic E-state index is 12.7. The van der Waals surface area contributed by atoms with Crippen molar-refractivity contribution in [3.05, 3.63) is 35.9 Å². The number of hydrogen-bond acceptors (Lipinski definition) is 6. The van der Waals surface area contributed by atoms with E-state index in [1.54, 1.807) is 30.3 Å². The Morgan fingerprint density at radius 3 is 2.19 bits per heavy atom. The Kier molecular flexibility index (Phi) is 11.1. The van der Waals surface area contributed by atoms with Crippen LogP contribution in [0.3, 0.4) is 0 Å². The number of amides is 5. The monoisotopic (exact) mass is 436 g/mol. The number of urea groups is 1. The van der Waals surface area contributed by atoms with Crippen LogP contribution < -0.4 is 32.7 Å². The highest BCUT2D eigenvalue weighted by molar-refractivity contribution is 5.92. The van der Waals surface area contributed by atoms with Crippen LogP contribution in [0.5, 0.6) is 0 Å². The van der Waals surface area contributed by atoms with Gasteiger partial charge in [0.15, 0.2) is 0 Å². The van der Waals surface area contributed by atoms with Crippen LogP contribution in [0.25, 0.3) is 0 Å². The summed E-state index contributed by atoms with van der Waals surface area (Å²) in [5, 5.41) is 18.9. The van der Waals surface area contributed by atoms with Crippen molar-refractivity contribution < 1.29 is 29.1 Å². The molecule has 1 rings (SSSR count). The van der Waals surface area contributed by atoms with E-state index in [0.29, 0.717) is 0 Å². The normalized spacial score (nSPS) is 12.2. The highest BCUT2D eigenvalue weighted by Crippen LogP contribution is 2.05. The van der Waals surface area contributed by atoms with Crippen LogP contribution in [0.1, 0.15) is 18.4 Å². The van der Waals surface area contributed by atoms with Crippen molar-refractivity contribution in [1.29, 1.82) is 0 Å². The first-order valence-corrected chi connectivity index (χ1v) is 9.59. The zero-order valence-electron chi connectivity index (χ0n) is 16.9. The number of aliphatic carboxylic acids is 1. The van der Waals surface area contributed by atoms with E-state index < -0.39 is 41.8 Å². The third-order valence-corrected chi connectivity index (χ3v) is 4.15. The Labute approximate surface area is 179 Å². The zero-order valence-corrected chi connectivity index (χ0v) is 16.9. The first kappa shape index (κ1) is 25.4. The minimum Gasteiger partial charge on any atom is -0.480 e. The third kappa shape index (κ3) is 10.6. The van der Waals surface area contributed by atoms with Crippen LogP contribution in [-0.2, 0) is 25.6 Å². The molecular formula is C19H28N6O6. The van der Waals surface area contributed by atoms with E-state index in [1.165, 1.54) is 0 Å². The Hall–Kier alpha value is -3.67. The molecule has 0 unspecified atom stereocenters. The molecule has 170 valence electrons. The molecule has 1 aromatic rings. The number of carboxylic acids is 1. The number of hydrogen-bond donors (Lipinski definition) is 7. The van der Waals surface area contributed by atoms with Gasteiger partial charge in [-0.15, -0.1) is 0 Å². The van der Waals surface area contributed by atoms with Gasteiger partial charge >= 0.3 is 12.0 Å². The molecule has 2 atom stereocenters. The van der Waals surface area contributed by atoms with E-state index in [0.717, 1.165) is 5.56 Å². The van der Waals surface area contributed by atoms with Gasteiger partial charge in [0.25, 0.3) is 0 Å². The van der Waals surface area contributed by atoms with Crippen LogP contribution in [0, 0.1) is 0 Å². The van der Waals surface area contributed by atoms with Gasteiger partial charge in [0.2, 0.25) is 17.7 Å². The molecule has 0 fully saturated rings. The summed E-state index contributed by atoms with van der Waals surface area (Å²) in [6.07, 6.45) is 0.416. The van der Waals surface area contributed by atoms with Gasteiger partial charge < -0.3 is 37.8 Å². The number of nitrogens with one attached hydrogen (secondary N) is 4. The molecular weight excluding hydrogens is 408 g/mol. The summed E-state index contributed by atoms with van der Waals surface area (Å²) in [7, 11) is 0. The van der Waals surface area contributed by atoms with Crippen LogP contribution >= 0.6 is 0 Å². The number of carbonyl (C=O) groups is 5. The number of primary amides is 1.